The Labute approximate surface area is 145 Å². The van der Waals surface area contributed by atoms with Crippen LogP contribution in [0, 0.1) is 0 Å². The second-order valence-electron chi connectivity index (χ2n) is 7.76. The highest BCUT2D eigenvalue weighted by Gasteiger charge is 2.28. The van der Waals surface area contributed by atoms with Gasteiger partial charge in [-0.25, -0.2) is 4.79 Å². The Bertz CT molecular complexity index is 576. The number of anilines is 2. The third kappa shape index (κ3) is 4.13. The smallest absolute Gasteiger partial charge is 0.407 e. The van der Waals surface area contributed by atoms with Crippen molar-refractivity contribution in [2.75, 3.05) is 36.0 Å². The number of alkyl carbamates (subject to hydrolysis) is 1. The summed E-state index contributed by atoms with van der Waals surface area (Å²) in [7, 11) is 0. The minimum absolute atomic E-state index is 0.145. The Balaban J connectivity index is 1.63. The van der Waals surface area contributed by atoms with Crippen LogP contribution in [0.15, 0.2) is 24.3 Å². The molecule has 2 heterocycles. The van der Waals surface area contributed by atoms with E-state index in [1.54, 1.807) is 0 Å². The number of hydrogen-bond acceptors (Lipinski definition) is 4. The van der Waals surface area contributed by atoms with Gasteiger partial charge in [0, 0.05) is 26.2 Å². The summed E-state index contributed by atoms with van der Waals surface area (Å²) >= 11 is 0. The van der Waals surface area contributed by atoms with Crippen molar-refractivity contribution in [2.24, 2.45) is 0 Å². The van der Waals surface area contributed by atoms with E-state index in [0.717, 1.165) is 32.6 Å². The van der Waals surface area contributed by atoms with E-state index in [2.05, 4.69) is 39.4 Å². The summed E-state index contributed by atoms with van der Waals surface area (Å²) < 4.78 is 5.37. The van der Waals surface area contributed by atoms with Crippen LogP contribution < -0.4 is 15.1 Å². The van der Waals surface area contributed by atoms with Gasteiger partial charge in [-0.1, -0.05) is 12.1 Å². The molecule has 0 bridgehead atoms. The molecule has 0 aliphatic carbocycles. The van der Waals surface area contributed by atoms with Gasteiger partial charge in [0.1, 0.15) is 5.60 Å². The molecular weight excluding hydrogens is 302 g/mol. The second kappa shape index (κ2) is 6.91. The molecule has 1 aromatic carbocycles. The largest absolute Gasteiger partial charge is 0.444 e. The van der Waals surface area contributed by atoms with Crippen LogP contribution in [0.3, 0.4) is 0 Å². The van der Waals surface area contributed by atoms with Gasteiger partial charge in [0.15, 0.2) is 0 Å². The van der Waals surface area contributed by atoms with Crippen LogP contribution in [0.1, 0.15) is 40.0 Å². The van der Waals surface area contributed by atoms with Crippen LogP contribution in [-0.2, 0) is 4.74 Å². The molecule has 2 fully saturated rings. The quantitative estimate of drug-likeness (QED) is 0.922. The molecular formula is C19H29N3O2. The second-order valence-corrected chi connectivity index (χ2v) is 7.76. The van der Waals surface area contributed by atoms with Gasteiger partial charge in [0.05, 0.1) is 17.4 Å². The molecule has 3 rings (SSSR count). The lowest BCUT2D eigenvalue weighted by Crippen LogP contribution is -2.40. The highest BCUT2D eigenvalue weighted by molar-refractivity contribution is 5.73. The summed E-state index contributed by atoms with van der Waals surface area (Å²) in [6.07, 6.45) is 3.18. The van der Waals surface area contributed by atoms with Crippen molar-refractivity contribution in [3.8, 4) is 0 Å². The van der Waals surface area contributed by atoms with Crippen molar-refractivity contribution in [1.29, 1.82) is 0 Å². The van der Waals surface area contributed by atoms with Gasteiger partial charge < -0.3 is 19.9 Å². The number of amides is 1. The zero-order valence-electron chi connectivity index (χ0n) is 15.0. The summed E-state index contributed by atoms with van der Waals surface area (Å²) in [6, 6.07) is 8.78. The first-order valence-corrected chi connectivity index (χ1v) is 9.01. The van der Waals surface area contributed by atoms with Gasteiger partial charge in [0.2, 0.25) is 0 Å². The molecule has 5 heteroatoms. The summed E-state index contributed by atoms with van der Waals surface area (Å²) in [5.74, 6) is 0. The van der Waals surface area contributed by atoms with Gasteiger partial charge in [-0.3, -0.25) is 0 Å². The lowest BCUT2D eigenvalue weighted by atomic mass is 10.2. The van der Waals surface area contributed by atoms with Gasteiger partial charge in [0.25, 0.3) is 0 Å². The van der Waals surface area contributed by atoms with E-state index in [1.807, 2.05) is 20.8 Å². The molecule has 1 amide bonds. The van der Waals surface area contributed by atoms with Crippen molar-refractivity contribution in [2.45, 2.75) is 51.7 Å². The van der Waals surface area contributed by atoms with Crippen molar-refractivity contribution in [3.05, 3.63) is 24.3 Å². The van der Waals surface area contributed by atoms with Crippen LogP contribution in [-0.4, -0.2) is 43.9 Å². The van der Waals surface area contributed by atoms with Gasteiger partial charge in [-0.05, 0) is 52.2 Å². The fourth-order valence-electron chi connectivity index (χ4n) is 3.53. The van der Waals surface area contributed by atoms with E-state index in [-0.39, 0.29) is 12.1 Å². The predicted molar refractivity (Wildman–Crippen MR) is 97.9 cm³/mol. The van der Waals surface area contributed by atoms with Gasteiger partial charge in [-0.15, -0.1) is 0 Å². The molecule has 0 saturated carbocycles. The van der Waals surface area contributed by atoms with E-state index < -0.39 is 5.60 Å². The number of nitrogens with zero attached hydrogens (tertiary/aromatic N) is 2. The summed E-state index contributed by atoms with van der Waals surface area (Å²) in [5.41, 5.74) is 2.16. The molecule has 0 aromatic heterocycles. The first-order valence-electron chi connectivity index (χ1n) is 9.01. The maximum absolute atomic E-state index is 12.0. The molecule has 0 spiro atoms. The normalized spacial score (nSPS) is 21.2. The number of ether oxygens (including phenoxy) is 1. The molecule has 1 unspecified atom stereocenters. The predicted octanol–water partition coefficient (Wildman–Crippen LogP) is 3.39. The molecule has 1 atom stereocenters. The monoisotopic (exact) mass is 331 g/mol. The van der Waals surface area contributed by atoms with E-state index in [9.17, 15) is 4.79 Å². The number of rotatable bonds is 3. The molecule has 0 radical (unpaired) electrons. The molecule has 1 N–H and O–H groups in total. The number of para-hydroxylation sites is 2. The zero-order chi connectivity index (χ0) is 17.2. The lowest BCUT2D eigenvalue weighted by molar-refractivity contribution is 0.0509. The maximum Gasteiger partial charge on any atom is 0.407 e. The van der Waals surface area contributed by atoms with Crippen molar-refractivity contribution in [3.63, 3.8) is 0 Å². The first-order chi connectivity index (χ1) is 11.4. The van der Waals surface area contributed by atoms with Crippen LogP contribution in [0.4, 0.5) is 16.2 Å². The molecule has 1 aromatic rings. The number of carbonyl (C=O) groups is 1. The average Bonchev–Trinajstić information content (AvgIpc) is 3.16. The molecule has 24 heavy (non-hydrogen) atoms. The van der Waals surface area contributed by atoms with Gasteiger partial charge in [-0.2, -0.15) is 0 Å². The third-order valence-electron chi connectivity index (χ3n) is 4.58. The van der Waals surface area contributed by atoms with Crippen LogP contribution >= 0.6 is 0 Å². The topological polar surface area (TPSA) is 44.8 Å². The molecule has 132 valence electrons. The maximum atomic E-state index is 12.0. The first kappa shape index (κ1) is 16.9. The van der Waals surface area contributed by atoms with E-state index >= 15 is 0 Å². The Morgan fingerprint density at radius 1 is 1.08 bits per heavy atom. The van der Waals surface area contributed by atoms with Crippen molar-refractivity contribution in [1.82, 2.24) is 5.32 Å². The van der Waals surface area contributed by atoms with E-state index in [1.165, 1.54) is 24.2 Å². The summed E-state index contributed by atoms with van der Waals surface area (Å²) in [4.78, 5) is 16.8. The van der Waals surface area contributed by atoms with Crippen LogP contribution in [0.2, 0.25) is 0 Å². The van der Waals surface area contributed by atoms with E-state index in [0.29, 0.717) is 0 Å². The van der Waals surface area contributed by atoms with Crippen LogP contribution in [0.5, 0.6) is 0 Å². The number of benzene rings is 1. The molecule has 2 saturated heterocycles. The zero-order valence-corrected chi connectivity index (χ0v) is 15.0. The number of hydrogen-bond donors (Lipinski definition) is 1. The van der Waals surface area contributed by atoms with Crippen molar-refractivity contribution >= 4 is 17.5 Å². The fraction of sp³-hybridized carbons (Fsp3) is 0.632. The standard InChI is InChI=1S/C19H29N3O2/c1-19(2,3)24-18(23)20-15-10-13-22(14-15)17-9-5-4-8-16(17)21-11-6-7-12-21/h4-5,8-9,15H,6-7,10-14H2,1-3H3,(H,20,23). The molecule has 2 aliphatic heterocycles. The lowest BCUT2D eigenvalue weighted by Gasteiger charge is -2.27. The van der Waals surface area contributed by atoms with E-state index in [4.69, 9.17) is 4.74 Å². The summed E-state index contributed by atoms with van der Waals surface area (Å²) in [5, 5.41) is 3.01. The fourth-order valence-corrected chi connectivity index (χ4v) is 3.53. The Hall–Kier alpha value is -1.91. The highest BCUT2D eigenvalue weighted by atomic mass is 16.6. The Morgan fingerprint density at radius 3 is 2.33 bits per heavy atom. The Morgan fingerprint density at radius 2 is 1.71 bits per heavy atom. The van der Waals surface area contributed by atoms with Gasteiger partial charge >= 0.3 is 6.09 Å². The number of nitrogens with one attached hydrogen (secondary N) is 1. The minimum atomic E-state index is -0.454. The number of carbonyl (C=O) groups excluding carboxylic acids is 1. The average molecular weight is 331 g/mol. The minimum Gasteiger partial charge on any atom is -0.444 e. The SMILES string of the molecule is CC(C)(C)OC(=O)NC1CCN(c2ccccc2N2CCCC2)C1. The van der Waals surface area contributed by atoms with Crippen molar-refractivity contribution < 1.29 is 9.53 Å². The third-order valence-corrected chi connectivity index (χ3v) is 4.58. The van der Waals surface area contributed by atoms with Crippen LogP contribution in [0.25, 0.3) is 0 Å². The molecule has 2 aliphatic rings. The highest BCUT2D eigenvalue weighted by Crippen LogP contribution is 2.33. The summed E-state index contributed by atoms with van der Waals surface area (Å²) in [6.45, 7) is 9.75. The molecule has 5 nitrogen and oxygen atoms in total. The Kier molecular flexibility index (Phi) is 4.88.